The van der Waals surface area contributed by atoms with Gasteiger partial charge in [0.1, 0.15) is 11.5 Å². The number of nitrogens with zero attached hydrogens (tertiary/aromatic N) is 3. The average molecular weight is 341 g/mol. The van der Waals surface area contributed by atoms with E-state index in [0.29, 0.717) is 4.47 Å². The summed E-state index contributed by atoms with van der Waals surface area (Å²) in [5.41, 5.74) is -0.136. The van der Waals surface area contributed by atoms with E-state index in [4.69, 9.17) is 0 Å². The first kappa shape index (κ1) is 14.3. The lowest BCUT2D eigenvalue weighted by Crippen LogP contribution is -2.05. The molecule has 0 unspecified atom stereocenters. The molecule has 0 spiro atoms. The zero-order chi connectivity index (χ0) is 14.9. The van der Waals surface area contributed by atoms with Crippen molar-refractivity contribution < 1.29 is 9.31 Å². The summed E-state index contributed by atoms with van der Waals surface area (Å²) in [4.78, 5) is 18.5. The van der Waals surface area contributed by atoms with Crippen LogP contribution in [0.2, 0.25) is 0 Å². The van der Waals surface area contributed by atoms with Gasteiger partial charge in [0.05, 0.1) is 4.92 Å². The normalized spacial score (nSPS) is 10.4. The van der Waals surface area contributed by atoms with Gasteiger partial charge < -0.3 is 5.32 Å². The molecule has 0 aliphatic rings. The largest absolute Gasteiger partial charge is 0.357 e. The molecular weight excluding hydrogens is 331 g/mol. The van der Waals surface area contributed by atoms with Crippen LogP contribution in [-0.4, -0.2) is 21.9 Å². The molecule has 0 saturated carbocycles. The van der Waals surface area contributed by atoms with Crippen LogP contribution < -0.4 is 5.32 Å². The highest BCUT2D eigenvalue weighted by atomic mass is 79.9. The summed E-state index contributed by atoms with van der Waals surface area (Å²) < 4.78 is 14.5. The van der Waals surface area contributed by atoms with E-state index < -0.39 is 10.7 Å². The molecule has 8 heteroatoms. The van der Waals surface area contributed by atoms with E-state index >= 15 is 0 Å². The number of nitrogens with one attached hydrogen (secondary N) is 1. The molecule has 1 aromatic carbocycles. The van der Waals surface area contributed by atoms with Crippen molar-refractivity contribution in [1.29, 1.82) is 0 Å². The van der Waals surface area contributed by atoms with E-state index in [1.807, 2.05) is 0 Å². The number of aromatic nitrogens is 2. The van der Waals surface area contributed by atoms with Crippen LogP contribution in [0, 0.1) is 22.9 Å². The molecule has 0 bridgehead atoms. The monoisotopic (exact) mass is 340 g/mol. The van der Waals surface area contributed by atoms with Crippen molar-refractivity contribution in [2.24, 2.45) is 0 Å². The van der Waals surface area contributed by atoms with E-state index in [1.165, 1.54) is 25.1 Å². The predicted octanol–water partition coefficient (Wildman–Crippen LogP) is 3.30. The fourth-order valence-corrected chi connectivity index (χ4v) is 2.13. The van der Waals surface area contributed by atoms with Gasteiger partial charge in [-0.1, -0.05) is 15.9 Å². The zero-order valence-corrected chi connectivity index (χ0v) is 12.2. The van der Waals surface area contributed by atoms with Crippen molar-refractivity contribution in [3.05, 3.63) is 44.3 Å². The Morgan fingerprint density at radius 2 is 2.10 bits per heavy atom. The molecular formula is C12H10BrFN4O2. The van der Waals surface area contributed by atoms with Gasteiger partial charge in [-0.3, -0.25) is 10.1 Å². The van der Waals surface area contributed by atoms with E-state index in [0.717, 1.165) is 0 Å². The van der Waals surface area contributed by atoms with Crippen LogP contribution in [0.25, 0.3) is 11.3 Å². The molecule has 20 heavy (non-hydrogen) atoms. The summed E-state index contributed by atoms with van der Waals surface area (Å²) in [5, 5.41) is 13.9. The van der Waals surface area contributed by atoms with Crippen LogP contribution in [-0.2, 0) is 0 Å². The molecule has 0 aliphatic carbocycles. The number of benzene rings is 1. The summed E-state index contributed by atoms with van der Waals surface area (Å²) in [6.07, 6.45) is 0. The van der Waals surface area contributed by atoms with Gasteiger partial charge >= 0.3 is 5.69 Å². The Morgan fingerprint density at radius 1 is 1.40 bits per heavy atom. The van der Waals surface area contributed by atoms with Gasteiger partial charge in [0, 0.05) is 17.1 Å². The van der Waals surface area contributed by atoms with Crippen LogP contribution in [0.3, 0.4) is 0 Å². The third-order valence-electron chi connectivity index (χ3n) is 2.65. The van der Waals surface area contributed by atoms with Crippen molar-refractivity contribution >= 4 is 27.6 Å². The summed E-state index contributed by atoms with van der Waals surface area (Å²) in [6.45, 7) is 1.49. The summed E-state index contributed by atoms with van der Waals surface area (Å²) in [7, 11) is 1.58. The van der Waals surface area contributed by atoms with Crippen molar-refractivity contribution in [2.75, 3.05) is 12.4 Å². The van der Waals surface area contributed by atoms with Crippen LogP contribution in [0.4, 0.5) is 16.0 Å². The molecule has 2 rings (SSSR count). The molecule has 0 aliphatic heterocycles. The van der Waals surface area contributed by atoms with Gasteiger partial charge in [0.15, 0.2) is 5.69 Å². The second-order valence-electron chi connectivity index (χ2n) is 3.96. The van der Waals surface area contributed by atoms with E-state index in [1.54, 1.807) is 7.05 Å². The highest BCUT2D eigenvalue weighted by Crippen LogP contribution is 2.34. The van der Waals surface area contributed by atoms with Crippen molar-refractivity contribution in [1.82, 2.24) is 9.97 Å². The fraction of sp³-hybridized carbons (Fsp3) is 0.167. The Kier molecular flexibility index (Phi) is 3.93. The third kappa shape index (κ3) is 2.60. The van der Waals surface area contributed by atoms with E-state index in [-0.39, 0.29) is 28.6 Å². The number of nitro groups is 1. The van der Waals surface area contributed by atoms with Crippen LogP contribution in [0.1, 0.15) is 5.69 Å². The van der Waals surface area contributed by atoms with Crippen molar-refractivity contribution in [2.45, 2.75) is 6.92 Å². The Bertz CT molecular complexity index is 693. The summed E-state index contributed by atoms with van der Waals surface area (Å²) in [5.74, 6) is -0.390. The number of anilines is 1. The lowest BCUT2D eigenvalue weighted by atomic mass is 10.1. The Morgan fingerprint density at radius 3 is 2.70 bits per heavy atom. The van der Waals surface area contributed by atoms with Gasteiger partial charge in [-0.15, -0.1) is 0 Å². The lowest BCUT2D eigenvalue weighted by Gasteiger charge is -2.08. The van der Waals surface area contributed by atoms with Crippen LogP contribution >= 0.6 is 15.9 Å². The SMILES string of the molecule is CNc1nc(C)c([N+](=O)[O-])c(-c2cc(Br)ccc2F)n1. The predicted molar refractivity (Wildman–Crippen MR) is 76.1 cm³/mol. The molecule has 1 N–H and O–H groups in total. The van der Waals surface area contributed by atoms with Crippen molar-refractivity contribution in [3.63, 3.8) is 0 Å². The van der Waals surface area contributed by atoms with Gasteiger partial charge in [0.2, 0.25) is 5.95 Å². The molecule has 0 fully saturated rings. The Balaban J connectivity index is 2.80. The molecule has 0 saturated heterocycles. The van der Waals surface area contributed by atoms with Crippen molar-refractivity contribution in [3.8, 4) is 11.3 Å². The molecule has 1 aromatic heterocycles. The minimum atomic E-state index is -0.607. The summed E-state index contributed by atoms with van der Waals surface area (Å²) in [6, 6.07) is 4.18. The number of hydrogen-bond acceptors (Lipinski definition) is 5. The standard InChI is InChI=1S/C12H10BrFN4O2/c1-6-11(18(19)20)10(17-12(15-2)16-6)8-5-7(13)3-4-9(8)14/h3-5H,1-2H3,(H,15,16,17). The maximum atomic E-state index is 13.9. The Labute approximate surface area is 122 Å². The topological polar surface area (TPSA) is 81.0 Å². The van der Waals surface area contributed by atoms with Gasteiger partial charge in [-0.25, -0.2) is 14.4 Å². The smallest absolute Gasteiger partial charge is 0.316 e. The quantitative estimate of drug-likeness (QED) is 0.684. The molecule has 6 nitrogen and oxygen atoms in total. The number of aryl methyl sites for hydroxylation is 1. The number of rotatable bonds is 3. The number of hydrogen-bond donors (Lipinski definition) is 1. The first-order valence-electron chi connectivity index (χ1n) is 5.60. The van der Waals surface area contributed by atoms with Crippen LogP contribution in [0.5, 0.6) is 0 Å². The maximum Gasteiger partial charge on any atom is 0.316 e. The second kappa shape index (κ2) is 5.49. The van der Waals surface area contributed by atoms with E-state index in [2.05, 4.69) is 31.2 Å². The molecule has 0 amide bonds. The minimum Gasteiger partial charge on any atom is -0.357 e. The maximum absolute atomic E-state index is 13.9. The molecule has 0 atom stereocenters. The van der Waals surface area contributed by atoms with Gasteiger partial charge in [-0.2, -0.15) is 0 Å². The van der Waals surface area contributed by atoms with E-state index in [9.17, 15) is 14.5 Å². The highest BCUT2D eigenvalue weighted by Gasteiger charge is 2.25. The second-order valence-corrected chi connectivity index (χ2v) is 4.88. The van der Waals surface area contributed by atoms with Crippen LogP contribution in [0.15, 0.2) is 22.7 Å². The molecule has 0 radical (unpaired) electrons. The molecule has 1 heterocycles. The molecule has 2 aromatic rings. The fourth-order valence-electron chi connectivity index (χ4n) is 1.76. The number of halogens is 2. The average Bonchev–Trinajstić information content (AvgIpc) is 2.40. The lowest BCUT2D eigenvalue weighted by molar-refractivity contribution is -0.385. The third-order valence-corrected chi connectivity index (χ3v) is 3.14. The molecule has 104 valence electrons. The zero-order valence-electron chi connectivity index (χ0n) is 10.6. The van der Waals surface area contributed by atoms with Gasteiger partial charge in [0.25, 0.3) is 0 Å². The Hall–Kier alpha value is -2.09. The highest BCUT2D eigenvalue weighted by molar-refractivity contribution is 9.10. The summed E-state index contributed by atoms with van der Waals surface area (Å²) >= 11 is 3.21. The minimum absolute atomic E-state index is 0.0491. The first-order valence-corrected chi connectivity index (χ1v) is 6.39. The first-order chi connectivity index (χ1) is 9.43. The van der Waals surface area contributed by atoms with Gasteiger partial charge in [-0.05, 0) is 25.1 Å².